The van der Waals surface area contributed by atoms with Crippen molar-refractivity contribution >= 4 is 23.2 Å². The van der Waals surface area contributed by atoms with Crippen LogP contribution >= 0.6 is 0 Å². The molecule has 5 heteroatoms. The Labute approximate surface area is 168 Å². The Balaban J connectivity index is 1.95. The maximum Gasteiger partial charge on any atom is 0.241 e. The first-order valence-corrected chi connectivity index (χ1v) is 9.78. The molecule has 2 rings (SSSR count). The van der Waals surface area contributed by atoms with Gasteiger partial charge in [0.1, 0.15) is 0 Å². The molecule has 0 heterocycles. The van der Waals surface area contributed by atoms with Gasteiger partial charge in [0.05, 0.1) is 12.6 Å². The van der Waals surface area contributed by atoms with Gasteiger partial charge in [0, 0.05) is 11.4 Å². The van der Waals surface area contributed by atoms with Crippen LogP contribution in [0.25, 0.3) is 0 Å². The Morgan fingerprint density at radius 2 is 1.64 bits per heavy atom. The standard InChI is InChI=1S/C23H31N3O2/c1-6-17(3)20-9-7-8-10-21(20)25-23(28)18(4)26(5)15-22(27)24-19-13-11-16(2)12-14-19/h7-14,17-18H,6,15H2,1-5H3,(H,24,27)(H,25,28)/t17-,18-/m1/s1. The molecule has 2 amide bonds. The fourth-order valence-corrected chi connectivity index (χ4v) is 2.90. The van der Waals surface area contributed by atoms with E-state index in [9.17, 15) is 9.59 Å². The lowest BCUT2D eigenvalue weighted by Gasteiger charge is -2.24. The summed E-state index contributed by atoms with van der Waals surface area (Å²) >= 11 is 0. The highest BCUT2D eigenvalue weighted by atomic mass is 16.2. The van der Waals surface area contributed by atoms with Gasteiger partial charge in [0.2, 0.25) is 11.8 Å². The Hall–Kier alpha value is -2.66. The van der Waals surface area contributed by atoms with Crippen molar-refractivity contribution in [3.63, 3.8) is 0 Å². The van der Waals surface area contributed by atoms with Crippen molar-refractivity contribution in [2.45, 2.75) is 46.1 Å². The molecule has 0 unspecified atom stereocenters. The summed E-state index contributed by atoms with van der Waals surface area (Å²) in [4.78, 5) is 26.7. The van der Waals surface area contributed by atoms with E-state index in [0.29, 0.717) is 5.92 Å². The van der Waals surface area contributed by atoms with E-state index in [1.807, 2.05) is 55.5 Å². The molecule has 0 saturated heterocycles. The number of carbonyl (C=O) groups excluding carboxylic acids is 2. The second-order valence-electron chi connectivity index (χ2n) is 7.39. The minimum atomic E-state index is -0.436. The van der Waals surface area contributed by atoms with Crippen LogP contribution in [0.15, 0.2) is 48.5 Å². The van der Waals surface area contributed by atoms with Crippen molar-refractivity contribution in [2.75, 3.05) is 24.2 Å². The molecule has 0 saturated carbocycles. The second-order valence-corrected chi connectivity index (χ2v) is 7.39. The van der Waals surface area contributed by atoms with Gasteiger partial charge >= 0.3 is 0 Å². The lowest BCUT2D eigenvalue weighted by molar-refractivity contribution is -0.122. The third kappa shape index (κ3) is 5.92. The Kier molecular flexibility index (Phi) is 7.76. The average molecular weight is 382 g/mol. The topological polar surface area (TPSA) is 61.4 Å². The van der Waals surface area contributed by atoms with E-state index in [2.05, 4.69) is 24.5 Å². The molecule has 0 aliphatic rings. The number of rotatable bonds is 8. The quantitative estimate of drug-likeness (QED) is 0.712. The van der Waals surface area contributed by atoms with Crippen molar-refractivity contribution in [3.05, 3.63) is 59.7 Å². The number of nitrogens with one attached hydrogen (secondary N) is 2. The van der Waals surface area contributed by atoms with Gasteiger partial charge in [-0.25, -0.2) is 0 Å². The van der Waals surface area contributed by atoms with Crippen LogP contribution in [0.4, 0.5) is 11.4 Å². The van der Waals surface area contributed by atoms with Crippen LogP contribution in [0.1, 0.15) is 44.2 Å². The molecule has 2 atom stereocenters. The lowest BCUT2D eigenvalue weighted by atomic mass is 9.97. The first kappa shape index (κ1) is 21.6. The Morgan fingerprint density at radius 1 is 1.00 bits per heavy atom. The van der Waals surface area contributed by atoms with E-state index in [1.165, 1.54) is 0 Å². The molecule has 5 nitrogen and oxygen atoms in total. The molecule has 0 aliphatic carbocycles. The molecular weight excluding hydrogens is 350 g/mol. The largest absolute Gasteiger partial charge is 0.325 e. The fraction of sp³-hybridized carbons (Fsp3) is 0.391. The smallest absolute Gasteiger partial charge is 0.241 e. The first-order valence-electron chi connectivity index (χ1n) is 9.78. The Morgan fingerprint density at radius 3 is 2.29 bits per heavy atom. The van der Waals surface area contributed by atoms with Crippen molar-refractivity contribution in [1.29, 1.82) is 0 Å². The van der Waals surface area contributed by atoms with E-state index in [1.54, 1.807) is 18.9 Å². The number of nitrogens with zero attached hydrogens (tertiary/aromatic N) is 1. The van der Waals surface area contributed by atoms with Crippen LogP contribution in [0.2, 0.25) is 0 Å². The normalized spacial score (nSPS) is 13.1. The van der Waals surface area contributed by atoms with E-state index in [4.69, 9.17) is 0 Å². The zero-order valence-electron chi connectivity index (χ0n) is 17.5. The summed E-state index contributed by atoms with van der Waals surface area (Å²) in [5.41, 5.74) is 3.86. The van der Waals surface area contributed by atoms with Crippen molar-refractivity contribution in [1.82, 2.24) is 4.90 Å². The molecular formula is C23H31N3O2. The SMILES string of the molecule is CC[C@@H](C)c1ccccc1NC(=O)[C@@H](C)N(C)CC(=O)Nc1ccc(C)cc1. The number of amides is 2. The predicted octanol–water partition coefficient (Wildman–Crippen LogP) is 4.41. The highest BCUT2D eigenvalue weighted by molar-refractivity contribution is 5.96. The molecule has 2 aromatic rings. The van der Waals surface area contributed by atoms with Gasteiger partial charge in [0.25, 0.3) is 0 Å². The zero-order valence-corrected chi connectivity index (χ0v) is 17.5. The fourth-order valence-electron chi connectivity index (χ4n) is 2.90. The van der Waals surface area contributed by atoms with E-state index in [0.717, 1.165) is 28.9 Å². The monoisotopic (exact) mass is 381 g/mol. The number of anilines is 2. The first-order chi connectivity index (χ1) is 13.3. The summed E-state index contributed by atoms with van der Waals surface area (Å²) in [6.07, 6.45) is 1.00. The number of aryl methyl sites for hydroxylation is 1. The minimum absolute atomic E-state index is 0.124. The predicted molar refractivity (Wildman–Crippen MR) is 116 cm³/mol. The number of hydrogen-bond acceptors (Lipinski definition) is 3. The third-order valence-electron chi connectivity index (χ3n) is 5.13. The van der Waals surface area contributed by atoms with Crippen LogP contribution in [-0.2, 0) is 9.59 Å². The summed E-state index contributed by atoms with van der Waals surface area (Å²) < 4.78 is 0. The van der Waals surface area contributed by atoms with E-state index in [-0.39, 0.29) is 18.4 Å². The van der Waals surface area contributed by atoms with Gasteiger partial charge in [-0.1, -0.05) is 49.7 Å². The van der Waals surface area contributed by atoms with E-state index < -0.39 is 6.04 Å². The molecule has 2 N–H and O–H groups in total. The molecule has 0 bridgehead atoms. The average Bonchev–Trinajstić information content (AvgIpc) is 2.68. The van der Waals surface area contributed by atoms with Gasteiger partial charge in [-0.3, -0.25) is 14.5 Å². The summed E-state index contributed by atoms with van der Waals surface area (Å²) in [5.74, 6) is 0.0946. The van der Waals surface area contributed by atoms with Crippen LogP contribution in [0.5, 0.6) is 0 Å². The highest BCUT2D eigenvalue weighted by Gasteiger charge is 2.21. The Bertz CT molecular complexity index is 802. The van der Waals surface area contributed by atoms with Gasteiger partial charge < -0.3 is 10.6 Å². The lowest BCUT2D eigenvalue weighted by Crippen LogP contribution is -2.43. The molecule has 28 heavy (non-hydrogen) atoms. The maximum atomic E-state index is 12.7. The zero-order chi connectivity index (χ0) is 20.7. The number of benzene rings is 2. The summed E-state index contributed by atoms with van der Waals surface area (Å²) in [6.45, 7) is 8.22. The van der Waals surface area contributed by atoms with Crippen molar-refractivity contribution in [3.8, 4) is 0 Å². The summed E-state index contributed by atoms with van der Waals surface area (Å²) in [7, 11) is 1.78. The molecule has 0 aromatic heterocycles. The molecule has 0 radical (unpaired) electrons. The van der Waals surface area contributed by atoms with Gasteiger partial charge in [0.15, 0.2) is 0 Å². The van der Waals surface area contributed by atoms with Crippen LogP contribution < -0.4 is 10.6 Å². The number of likely N-dealkylation sites (N-methyl/N-ethyl adjacent to an activating group) is 1. The summed E-state index contributed by atoms with van der Waals surface area (Å²) in [5, 5.41) is 5.89. The number of carbonyl (C=O) groups is 2. The minimum Gasteiger partial charge on any atom is -0.325 e. The van der Waals surface area contributed by atoms with Crippen molar-refractivity contribution in [2.24, 2.45) is 0 Å². The van der Waals surface area contributed by atoms with Gasteiger partial charge in [-0.2, -0.15) is 0 Å². The molecule has 0 spiro atoms. The third-order valence-corrected chi connectivity index (χ3v) is 5.13. The number of hydrogen-bond donors (Lipinski definition) is 2. The highest BCUT2D eigenvalue weighted by Crippen LogP contribution is 2.26. The molecule has 0 fully saturated rings. The van der Waals surface area contributed by atoms with Crippen LogP contribution in [0.3, 0.4) is 0 Å². The van der Waals surface area contributed by atoms with Crippen LogP contribution in [0, 0.1) is 6.92 Å². The van der Waals surface area contributed by atoms with Crippen LogP contribution in [-0.4, -0.2) is 36.3 Å². The van der Waals surface area contributed by atoms with E-state index >= 15 is 0 Å². The van der Waals surface area contributed by atoms with Gasteiger partial charge in [-0.15, -0.1) is 0 Å². The van der Waals surface area contributed by atoms with Gasteiger partial charge in [-0.05, 0) is 57.0 Å². The second kappa shape index (κ2) is 10.0. The molecule has 0 aliphatic heterocycles. The molecule has 2 aromatic carbocycles. The van der Waals surface area contributed by atoms with Crippen molar-refractivity contribution < 1.29 is 9.59 Å². The summed E-state index contributed by atoms with van der Waals surface area (Å²) in [6, 6.07) is 15.1. The molecule has 150 valence electrons. The number of para-hydroxylation sites is 1. The maximum absolute atomic E-state index is 12.7.